The van der Waals surface area contributed by atoms with Crippen molar-refractivity contribution in [2.45, 2.75) is 90.9 Å². The van der Waals surface area contributed by atoms with E-state index >= 15 is 0 Å². The summed E-state index contributed by atoms with van der Waals surface area (Å²) in [6.07, 6.45) is 11.9. The van der Waals surface area contributed by atoms with Gasteiger partial charge in [0.25, 0.3) is 0 Å². The molecule has 0 amide bonds. The molecule has 0 atom stereocenters. The highest BCUT2D eigenvalue weighted by Gasteiger charge is 2.06. The average Bonchev–Trinajstić information content (AvgIpc) is 2.51. The van der Waals surface area contributed by atoms with Gasteiger partial charge < -0.3 is 9.47 Å². The molecule has 129 valence electrons. The quantitative estimate of drug-likeness (QED) is 0.317. The molecule has 4 nitrogen and oxygen atoms in total. The summed E-state index contributed by atoms with van der Waals surface area (Å²) in [4.78, 5) is 22.8. The maximum absolute atomic E-state index is 11.4. The second-order valence-corrected chi connectivity index (χ2v) is 5.67. The highest BCUT2D eigenvalue weighted by Crippen LogP contribution is 2.07. The Balaban J connectivity index is 3.32. The van der Waals surface area contributed by atoms with Crippen molar-refractivity contribution in [2.75, 3.05) is 6.61 Å². The van der Waals surface area contributed by atoms with Gasteiger partial charge in [-0.05, 0) is 12.8 Å². The van der Waals surface area contributed by atoms with Gasteiger partial charge in [0, 0.05) is 12.8 Å². The Labute approximate surface area is 135 Å². The largest absolute Gasteiger partial charge is 0.462 e. The van der Waals surface area contributed by atoms with Gasteiger partial charge in [-0.3, -0.25) is 9.59 Å². The van der Waals surface area contributed by atoms with Crippen LogP contribution in [0.25, 0.3) is 0 Å². The molecule has 1 radical (unpaired) electrons. The number of unbranched alkanes of at least 4 members (excludes halogenated alkanes) is 8. The molecule has 0 saturated heterocycles. The van der Waals surface area contributed by atoms with E-state index in [4.69, 9.17) is 9.47 Å². The Morgan fingerprint density at radius 3 is 1.77 bits per heavy atom. The van der Waals surface area contributed by atoms with Crippen LogP contribution in [0.3, 0.4) is 0 Å². The first-order chi connectivity index (χ1) is 10.7. The second-order valence-electron chi connectivity index (χ2n) is 5.67. The Morgan fingerprint density at radius 1 is 0.727 bits per heavy atom. The first-order valence-electron chi connectivity index (χ1n) is 8.87. The van der Waals surface area contributed by atoms with Crippen LogP contribution in [0.15, 0.2) is 0 Å². The molecule has 0 aliphatic carbocycles. The number of hydrogen-bond donors (Lipinski definition) is 0. The van der Waals surface area contributed by atoms with Crippen molar-refractivity contribution >= 4 is 11.9 Å². The van der Waals surface area contributed by atoms with E-state index in [0.29, 0.717) is 12.8 Å². The number of carbonyl (C=O) groups is 2. The third kappa shape index (κ3) is 15.3. The Morgan fingerprint density at radius 2 is 1.23 bits per heavy atom. The zero-order valence-electron chi connectivity index (χ0n) is 14.4. The number of carbonyl (C=O) groups excluding carboxylic acids is 2. The molecule has 0 unspecified atom stereocenters. The van der Waals surface area contributed by atoms with Crippen molar-refractivity contribution in [3.8, 4) is 0 Å². The maximum Gasteiger partial charge on any atom is 0.306 e. The minimum Gasteiger partial charge on any atom is -0.462 e. The summed E-state index contributed by atoms with van der Waals surface area (Å²) in [6.45, 7) is 5.66. The van der Waals surface area contributed by atoms with Gasteiger partial charge in [0.15, 0.2) is 6.61 Å². The zero-order chi connectivity index (χ0) is 16.5. The van der Waals surface area contributed by atoms with Gasteiger partial charge in [-0.25, -0.2) is 0 Å². The summed E-state index contributed by atoms with van der Waals surface area (Å²) < 4.78 is 9.90. The molecule has 0 heterocycles. The van der Waals surface area contributed by atoms with Crippen LogP contribution >= 0.6 is 0 Å². The van der Waals surface area contributed by atoms with Gasteiger partial charge in [0.1, 0.15) is 6.61 Å². The fourth-order valence-electron chi connectivity index (χ4n) is 2.13. The van der Waals surface area contributed by atoms with Crippen molar-refractivity contribution in [3.05, 3.63) is 6.61 Å². The van der Waals surface area contributed by atoms with E-state index in [9.17, 15) is 9.59 Å². The third-order valence-electron chi connectivity index (χ3n) is 3.50. The molecule has 0 rings (SSSR count). The number of esters is 2. The van der Waals surface area contributed by atoms with E-state index in [1.165, 1.54) is 45.1 Å². The predicted octanol–water partition coefficient (Wildman–Crippen LogP) is 4.96. The minimum absolute atomic E-state index is 0.0510. The monoisotopic (exact) mass is 313 g/mol. The standard InChI is InChI=1S/C18H33O4/c1-3-5-7-9-11-13-17(19)21-15-16-22-18(20)14-12-10-8-6-4-2/h15H,3-14,16H2,1-2H3. The van der Waals surface area contributed by atoms with Gasteiger partial charge in [-0.1, -0.05) is 65.2 Å². The van der Waals surface area contributed by atoms with E-state index in [1.54, 1.807) is 0 Å². The van der Waals surface area contributed by atoms with Crippen LogP contribution in [0.4, 0.5) is 0 Å². The molecular weight excluding hydrogens is 280 g/mol. The Hall–Kier alpha value is -1.06. The van der Waals surface area contributed by atoms with Crippen molar-refractivity contribution in [3.63, 3.8) is 0 Å². The number of hydrogen-bond acceptors (Lipinski definition) is 4. The highest BCUT2D eigenvalue weighted by molar-refractivity contribution is 5.70. The lowest BCUT2D eigenvalue weighted by Crippen LogP contribution is -2.10. The van der Waals surface area contributed by atoms with Crippen LogP contribution in [0.5, 0.6) is 0 Å². The third-order valence-corrected chi connectivity index (χ3v) is 3.50. The SMILES string of the molecule is CCCCCCCC(=O)O[CH]COC(=O)CCCCCCC. The summed E-state index contributed by atoms with van der Waals surface area (Å²) in [6, 6.07) is 0. The summed E-state index contributed by atoms with van der Waals surface area (Å²) in [5, 5.41) is 0. The van der Waals surface area contributed by atoms with Gasteiger partial charge >= 0.3 is 11.9 Å². The average molecular weight is 313 g/mol. The van der Waals surface area contributed by atoms with E-state index in [0.717, 1.165) is 25.7 Å². The van der Waals surface area contributed by atoms with Crippen molar-refractivity contribution in [2.24, 2.45) is 0 Å². The van der Waals surface area contributed by atoms with Gasteiger partial charge in [-0.15, -0.1) is 0 Å². The van der Waals surface area contributed by atoms with Crippen LogP contribution in [0.1, 0.15) is 90.9 Å². The lowest BCUT2D eigenvalue weighted by atomic mass is 10.1. The van der Waals surface area contributed by atoms with Crippen LogP contribution in [-0.2, 0) is 19.1 Å². The summed E-state index contributed by atoms with van der Waals surface area (Å²) >= 11 is 0. The second kappa shape index (κ2) is 16.3. The molecule has 0 saturated carbocycles. The van der Waals surface area contributed by atoms with E-state index in [2.05, 4.69) is 13.8 Å². The molecule has 0 N–H and O–H groups in total. The molecule has 0 aromatic heterocycles. The molecule has 22 heavy (non-hydrogen) atoms. The van der Waals surface area contributed by atoms with Crippen LogP contribution < -0.4 is 0 Å². The molecular formula is C18H33O4. The molecule has 0 fully saturated rings. The fraction of sp³-hybridized carbons (Fsp3) is 0.833. The normalized spacial score (nSPS) is 10.5. The van der Waals surface area contributed by atoms with Gasteiger partial charge in [-0.2, -0.15) is 0 Å². The lowest BCUT2D eigenvalue weighted by molar-refractivity contribution is -0.148. The summed E-state index contributed by atoms with van der Waals surface area (Å²) in [7, 11) is 0. The van der Waals surface area contributed by atoms with Gasteiger partial charge in [0.2, 0.25) is 0 Å². The zero-order valence-corrected chi connectivity index (χ0v) is 14.4. The molecule has 0 bridgehead atoms. The van der Waals surface area contributed by atoms with Gasteiger partial charge in [0.05, 0.1) is 0 Å². The highest BCUT2D eigenvalue weighted by atomic mass is 16.6. The predicted molar refractivity (Wildman–Crippen MR) is 88.1 cm³/mol. The van der Waals surface area contributed by atoms with E-state index in [1.807, 2.05) is 0 Å². The fourth-order valence-corrected chi connectivity index (χ4v) is 2.13. The Bertz CT molecular complexity index is 248. The van der Waals surface area contributed by atoms with Crippen LogP contribution in [0.2, 0.25) is 0 Å². The summed E-state index contributed by atoms with van der Waals surface area (Å²) in [5.74, 6) is -0.463. The molecule has 0 aliphatic heterocycles. The molecule has 4 heteroatoms. The topological polar surface area (TPSA) is 52.6 Å². The van der Waals surface area contributed by atoms with Crippen LogP contribution in [0, 0.1) is 6.61 Å². The number of ether oxygens (including phenoxy) is 2. The Kier molecular flexibility index (Phi) is 15.5. The van der Waals surface area contributed by atoms with Crippen LogP contribution in [-0.4, -0.2) is 18.5 Å². The minimum atomic E-state index is -0.243. The van der Waals surface area contributed by atoms with E-state index < -0.39 is 0 Å². The van der Waals surface area contributed by atoms with E-state index in [-0.39, 0.29) is 18.5 Å². The molecule has 0 aromatic rings. The van der Waals surface area contributed by atoms with Crippen molar-refractivity contribution in [1.29, 1.82) is 0 Å². The smallest absolute Gasteiger partial charge is 0.306 e. The lowest BCUT2D eigenvalue weighted by Gasteiger charge is -2.06. The molecule has 0 aromatic carbocycles. The molecule has 0 aliphatic rings. The van der Waals surface area contributed by atoms with Crippen molar-refractivity contribution in [1.82, 2.24) is 0 Å². The van der Waals surface area contributed by atoms with Crippen molar-refractivity contribution < 1.29 is 19.1 Å². The first kappa shape index (κ1) is 20.9. The molecule has 0 spiro atoms. The number of rotatable bonds is 15. The maximum atomic E-state index is 11.4. The summed E-state index contributed by atoms with van der Waals surface area (Å²) in [5.41, 5.74) is 0. The first-order valence-corrected chi connectivity index (χ1v) is 8.87.